The molecule has 1 aromatic carbocycles. The topological polar surface area (TPSA) is 12.9 Å². The van der Waals surface area contributed by atoms with E-state index in [-0.39, 0.29) is 29.9 Å². The first-order valence-corrected chi connectivity index (χ1v) is 12.1. The van der Waals surface area contributed by atoms with Gasteiger partial charge in [-0.3, -0.25) is 4.98 Å². The molecule has 0 radical (unpaired) electrons. The van der Waals surface area contributed by atoms with Gasteiger partial charge in [0.05, 0.1) is 5.92 Å². The van der Waals surface area contributed by atoms with Crippen LogP contribution in [0.3, 0.4) is 0 Å². The Hall–Kier alpha value is -1.91. The predicted molar refractivity (Wildman–Crippen MR) is 121 cm³/mol. The molecule has 1 aliphatic rings. The molecule has 1 nitrogen and oxygen atoms in total. The number of aromatic nitrogens is 1. The van der Waals surface area contributed by atoms with E-state index >= 15 is 0 Å². The standard InChI is InChI=1S/C27H35F4N/c1-3-7-19-12-16-24(27(30,31)17-19)23-15-13-21(25(28)26(23)29)9-5-6-10-22-14-11-20(8-4-2)18-32-22/h11,13-15,18-19,24H,3-10,12,16-17H2,1-2H3. The molecule has 2 unspecified atom stereocenters. The van der Waals surface area contributed by atoms with Crippen LogP contribution in [0.25, 0.3) is 0 Å². The van der Waals surface area contributed by atoms with Crippen molar-refractivity contribution in [1.29, 1.82) is 0 Å². The summed E-state index contributed by atoms with van der Waals surface area (Å²) in [6.45, 7) is 4.11. The highest BCUT2D eigenvalue weighted by Gasteiger charge is 2.46. The zero-order chi connectivity index (χ0) is 23.1. The third-order valence-electron chi connectivity index (χ3n) is 6.75. The van der Waals surface area contributed by atoms with Crippen LogP contribution >= 0.6 is 0 Å². The number of alkyl halides is 2. The monoisotopic (exact) mass is 449 g/mol. The third-order valence-corrected chi connectivity index (χ3v) is 6.75. The van der Waals surface area contributed by atoms with E-state index in [9.17, 15) is 17.6 Å². The molecular formula is C27H35F4N. The smallest absolute Gasteiger partial charge is 0.255 e. The van der Waals surface area contributed by atoms with E-state index in [4.69, 9.17) is 0 Å². The zero-order valence-corrected chi connectivity index (χ0v) is 19.3. The SMILES string of the molecule is CCCc1ccc(CCCCc2ccc(C3CCC(CCC)CC3(F)F)c(F)c2F)nc1. The average Bonchev–Trinajstić information content (AvgIpc) is 2.76. The van der Waals surface area contributed by atoms with Crippen molar-refractivity contribution in [3.8, 4) is 0 Å². The molecule has 2 aromatic rings. The molecule has 1 fully saturated rings. The van der Waals surface area contributed by atoms with Gasteiger partial charge in [-0.15, -0.1) is 0 Å². The molecule has 176 valence electrons. The zero-order valence-electron chi connectivity index (χ0n) is 19.3. The predicted octanol–water partition coefficient (Wildman–Crippen LogP) is 8.20. The van der Waals surface area contributed by atoms with E-state index in [1.165, 1.54) is 17.7 Å². The van der Waals surface area contributed by atoms with E-state index in [1.54, 1.807) is 0 Å². The quantitative estimate of drug-likeness (QED) is 0.263. The first-order valence-electron chi connectivity index (χ1n) is 12.1. The second-order valence-electron chi connectivity index (χ2n) is 9.31. The highest BCUT2D eigenvalue weighted by atomic mass is 19.3. The molecular weight excluding hydrogens is 414 g/mol. The molecule has 1 saturated carbocycles. The number of halogens is 4. The van der Waals surface area contributed by atoms with Crippen LogP contribution in [-0.4, -0.2) is 10.9 Å². The van der Waals surface area contributed by atoms with Crippen molar-refractivity contribution in [2.75, 3.05) is 0 Å². The van der Waals surface area contributed by atoms with Crippen LogP contribution in [0.5, 0.6) is 0 Å². The summed E-state index contributed by atoms with van der Waals surface area (Å²) in [4.78, 5) is 4.46. The van der Waals surface area contributed by atoms with E-state index < -0.39 is 23.5 Å². The molecule has 1 heterocycles. The van der Waals surface area contributed by atoms with Crippen LogP contribution in [-0.2, 0) is 19.3 Å². The largest absolute Gasteiger partial charge is 0.261 e. The molecule has 3 rings (SSSR count). The van der Waals surface area contributed by atoms with Crippen molar-refractivity contribution in [2.45, 2.75) is 96.3 Å². The molecule has 0 bridgehead atoms. The van der Waals surface area contributed by atoms with Gasteiger partial charge in [-0.1, -0.05) is 51.3 Å². The van der Waals surface area contributed by atoms with E-state index in [0.717, 1.165) is 44.2 Å². The number of hydrogen-bond donors (Lipinski definition) is 0. The number of pyridine rings is 1. The Morgan fingerprint density at radius 2 is 1.69 bits per heavy atom. The Balaban J connectivity index is 1.57. The normalized spacial score (nSPS) is 20.4. The molecule has 2 atom stereocenters. The summed E-state index contributed by atoms with van der Waals surface area (Å²) in [6.07, 6.45) is 8.90. The number of rotatable bonds is 10. The molecule has 0 saturated heterocycles. The summed E-state index contributed by atoms with van der Waals surface area (Å²) in [7, 11) is 0. The molecule has 0 aliphatic heterocycles. The molecule has 0 spiro atoms. The fraction of sp³-hybridized carbons (Fsp3) is 0.593. The van der Waals surface area contributed by atoms with Crippen molar-refractivity contribution in [3.63, 3.8) is 0 Å². The first-order chi connectivity index (χ1) is 15.4. The minimum Gasteiger partial charge on any atom is -0.261 e. The van der Waals surface area contributed by atoms with Crippen molar-refractivity contribution < 1.29 is 17.6 Å². The summed E-state index contributed by atoms with van der Waals surface area (Å²) in [5, 5.41) is 0. The molecule has 0 amide bonds. The van der Waals surface area contributed by atoms with Crippen molar-refractivity contribution in [3.05, 3.63) is 64.5 Å². The maximum Gasteiger partial charge on any atom is 0.255 e. The van der Waals surface area contributed by atoms with Gasteiger partial charge in [0.25, 0.3) is 5.92 Å². The van der Waals surface area contributed by atoms with Gasteiger partial charge in [-0.25, -0.2) is 17.6 Å². The van der Waals surface area contributed by atoms with Gasteiger partial charge < -0.3 is 0 Å². The maximum atomic E-state index is 14.8. The lowest BCUT2D eigenvalue weighted by Gasteiger charge is -2.36. The first kappa shape index (κ1) is 24.7. The molecule has 1 aliphatic carbocycles. The Labute approximate surface area is 189 Å². The minimum absolute atomic E-state index is 0.0317. The summed E-state index contributed by atoms with van der Waals surface area (Å²) in [5.74, 6) is -6.31. The van der Waals surface area contributed by atoms with Gasteiger partial charge in [0.15, 0.2) is 11.6 Å². The number of benzene rings is 1. The molecule has 5 heteroatoms. The lowest BCUT2D eigenvalue weighted by Crippen LogP contribution is -2.35. The number of hydrogen-bond acceptors (Lipinski definition) is 1. The van der Waals surface area contributed by atoms with Crippen LogP contribution in [0.4, 0.5) is 17.6 Å². The Morgan fingerprint density at radius 1 is 0.906 bits per heavy atom. The van der Waals surface area contributed by atoms with Gasteiger partial charge in [0.2, 0.25) is 0 Å². The fourth-order valence-electron chi connectivity index (χ4n) is 5.01. The van der Waals surface area contributed by atoms with Crippen molar-refractivity contribution >= 4 is 0 Å². The molecule has 0 N–H and O–H groups in total. The van der Waals surface area contributed by atoms with Crippen LogP contribution in [0.1, 0.15) is 93.5 Å². The van der Waals surface area contributed by atoms with Gasteiger partial charge in [-0.2, -0.15) is 0 Å². The van der Waals surface area contributed by atoms with Gasteiger partial charge in [-0.05, 0) is 73.6 Å². The van der Waals surface area contributed by atoms with Gasteiger partial charge in [0, 0.05) is 18.3 Å². The third kappa shape index (κ3) is 6.11. The van der Waals surface area contributed by atoms with Crippen LogP contribution < -0.4 is 0 Å². The second-order valence-corrected chi connectivity index (χ2v) is 9.31. The number of nitrogens with zero attached hydrogens (tertiary/aromatic N) is 1. The summed E-state index contributed by atoms with van der Waals surface area (Å²) in [5.41, 5.74) is 2.31. The molecule has 1 aromatic heterocycles. The molecule has 32 heavy (non-hydrogen) atoms. The summed E-state index contributed by atoms with van der Waals surface area (Å²) >= 11 is 0. The lowest BCUT2D eigenvalue weighted by atomic mass is 9.74. The lowest BCUT2D eigenvalue weighted by molar-refractivity contribution is -0.0745. The summed E-state index contributed by atoms with van der Waals surface area (Å²) in [6, 6.07) is 7.00. The van der Waals surface area contributed by atoms with E-state index in [2.05, 4.69) is 18.0 Å². The van der Waals surface area contributed by atoms with Crippen LogP contribution in [0.15, 0.2) is 30.5 Å². The summed E-state index contributed by atoms with van der Waals surface area (Å²) < 4.78 is 58.9. The van der Waals surface area contributed by atoms with Crippen molar-refractivity contribution in [1.82, 2.24) is 4.98 Å². The van der Waals surface area contributed by atoms with Crippen LogP contribution in [0.2, 0.25) is 0 Å². The Morgan fingerprint density at radius 3 is 2.34 bits per heavy atom. The second kappa shape index (κ2) is 11.3. The average molecular weight is 450 g/mol. The van der Waals surface area contributed by atoms with Crippen LogP contribution in [0, 0.1) is 17.6 Å². The highest BCUT2D eigenvalue weighted by molar-refractivity contribution is 5.31. The fourth-order valence-corrected chi connectivity index (χ4v) is 5.01. The highest BCUT2D eigenvalue weighted by Crippen LogP contribution is 2.48. The minimum atomic E-state index is -2.99. The Kier molecular flexibility index (Phi) is 8.72. The Bertz CT molecular complexity index is 863. The van der Waals surface area contributed by atoms with E-state index in [0.29, 0.717) is 19.3 Å². The van der Waals surface area contributed by atoms with Gasteiger partial charge in [0.1, 0.15) is 0 Å². The number of aryl methyl sites for hydroxylation is 3. The van der Waals surface area contributed by atoms with Gasteiger partial charge >= 0.3 is 0 Å². The van der Waals surface area contributed by atoms with Crippen molar-refractivity contribution in [2.24, 2.45) is 5.92 Å². The maximum absolute atomic E-state index is 14.8. The van der Waals surface area contributed by atoms with E-state index in [1.807, 2.05) is 19.2 Å². The number of unbranched alkanes of at least 4 members (excludes halogenated alkanes) is 1.